The van der Waals surface area contributed by atoms with Crippen molar-refractivity contribution in [3.63, 3.8) is 0 Å². The van der Waals surface area contributed by atoms with E-state index in [1.165, 1.54) is 0 Å². The van der Waals surface area contributed by atoms with E-state index in [0.717, 1.165) is 0 Å². The van der Waals surface area contributed by atoms with Gasteiger partial charge in [0.05, 0.1) is 37.5 Å². The first kappa shape index (κ1) is 33.8. The van der Waals surface area contributed by atoms with Crippen molar-refractivity contribution in [2.24, 2.45) is 40.1 Å². The van der Waals surface area contributed by atoms with Crippen molar-refractivity contribution in [2.75, 3.05) is 39.4 Å². The number of aliphatic hydroxyl groups excluding tert-OH is 4. The second-order valence-corrected chi connectivity index (χ2v) is 10.8. The molecular formula is C23H50N8O9. The van der Waals surface area contributed by atoms with Crippen LogP contribution in [0, 0.1) is 0 Å². The van der Waals surface area contributed by atoms with Crippen molar-refractivity contribution >= 4 is 0 Å². The molecule has 3 fully saturated rings. The second-order valence-electron chi connectivity index (χ2n) is 10.8. The summed E-state index contributed by atoms with van der Waals surface area (Å²) in [6.45, 7) is 0.737. The summed E-state index contributed by atoms with van der Waals surface area (Å²) >= 11 is 0. The Kier molecular flexibility index (Phi) is 13.3. The molecule has 2 aliphatic heterocycles. The average molecular weight is 583 g/mol. The molecule has 1 aliphatic carbocycles. The van der Waals surface area contributed by atoms with E-state index in [-0.39, 0.29) is 32.0 Å². The van der Waals surface area contributed by atoms with E-state index in [4.69, 9.17) is 63.8 Å². The minimum Gasteiger partial charge on any atom is -0.394 e. The lowest BCUT2D eigenvalue weighted by molar-refractivity contribution is -0.318. The van der Waals surface area contributed by atoms with Gasteiger partial charge in [-0.25, -0.2) is 0 Å². The first-order valence-corrected chi connectivity index (χ1v) is 13.8. The van der Waals surface area contributed by atoms with Crippen LogP contribution in [-0.2, 0) is 23.7 Å². The Balaban J connectivity index is 1.81. The van der Waals surface area contributed by atoms with Crippen LogP contribution in [0.3, 0.4) is 0 Å². The van der Waals surface area contributed by atoms with Crippen LogP contribution in [0.25, 0.3) is 0 Å². The molecule has 0 radical (unpaired) electrons. The third kappa shape index (κ3) is 8.03. The van der Waals surface area contributed by atoms with E-state index in [1.54, 1.807) is 0 Å². The van der Waals surface area contributed by atoms with E-state index < -0.39 is 92.2 Å². The zero-order valence-electron chi connectivity index (χ0n) is 22.7. The summed E-state index contributed by atoms with van der Waals surface area (Å²) in [5.41, 5.74) is 42.3. The Morgan fingerprint density at radius 2 is 1.38 bits per heavy atom. The average Bonchev–Trinajstić information content (AvgIpc) is 2.93. The van der Waals surface area contributed by atoms with Gasteiger partial charge < -0.3 is 89.6 Å². The Morgan fingerprint density at radius 1 is 0.775 bits per heavy atom. The predicted octanol–water partition coefficient (Wildman–Crippen LogP) is -7.40. The Bertz CT molecular complexity index is 744. The Morgan fingerprint density at radius 3 is 1.95 bits per heavy atom. The quantitative estimate of drug-likeness (QED) is 0.0897. The van der Waals surface area contributed by atoms with E-state index >= 15 is 0 Å². The summed E-state index contributed by atoms with van der Waals surface area (Å²) in [5, 5.41) is 43.9. The third-order valence-electron chi connectivity index (χ3n) is 7.80. The van der Waals surface area contributed by atoms with E-state index in [0.29, 0.717) is 19.6 Å². The number of aliphatic hydroxyl groups is 4. The molecule has 0 bridgehead atoms. The molecule has 0 aromatic rings. The molecule has 17 heteroatoms. The summed E-state index contributed by atoms with van der Waals surface area (Å²) < 4.78 is 30.1. The molecule has 0 unspecified atom stereocenters. The van der Waals surface area contributed by atoms with Gasteiger partial charge in [0, 0.05) is 44.3 Å². The molecule has 3 rings (SSSR count). The molecule has 0 spiro atoms. The molecule has 19 N–H and O–H groups in total. The Hall–Kier alpha value is -0.680. The molecule has 0 aromatic heterocycles. The lowest BCUT2D eigenvalue weighted by Crippen LogP contribution is -2.68. The summed E-state index contributed by atoms with van der Waals surface area (Å²) in [7, 11) is 0. The maximum atomic E-state index is 10.7. The van der Waals surface area contributed by atoms with Gasteiger partial charge >= 0.3 is 0 Å². The molecule has 236 valence electrons. The monoisotopic (exact) mass is 582 g/mol. The summed E-state index contributed by atoms with van der Waals surface area (Å²) in [5.74, 6) is 0. The maximum absolute atomic E-state index is 10.7. The van der Waals surface area contributed by atoms with Crippen LogP contribution in [0.15, 0.2) is 0 Å². The lowest BCUT2D eigenvalue weighted by atomic mass is 9.84. The second kappa shape index (κ2) is 15.7. The number of hydrogen-bond donors (Lipinski definition) is 12. The normalized spacial score (nSPS) is 44.7. The van der Waals surface area contributed by atoms with Crippen LogP contribution in [0.1, 0.15) is 12.8 Å². The van der Waals surface area contributed by atoms with Crippen molar-refractivity contribution < 1.29 is 44.1 Å². The minimum atomic E-state index is -1.43. The van der Waals surface area contributed by atoms with Crippen molar-refractivity contribution in [1.82, 2.24) is 5.32 Å². The number of hydrogen-bond acceptors (Lipinski definition) is 17. The number of nitrogens with one attached hydrogen (secondary N) is 1. The minimum absolute atomic E-state index is 0.0607. The fourth-order valence-corrected chi connectivity index (χ4v) is 5.31. The maximum Gasteiger partial charge on any atom is 0.186 e. The molecular weight excluding hydrogens is 532 g/mol. The summed E-state index contributed by atoms with van der Waals surface area (Å²) in [6.07, 6.45) is -9.88. The van der Waals surface area contributed by atoms with Gasteiger partial charge in [-0.15, -0.1) is 0 Å². The van der Waals surface area contributed by atoms with Gasteiger partial charge in [-0.3, -0.25) is 0 Å². The Labute approximate surface area is 233 Å². The molecule has 17 nitrogen and oxygen atoms in total. The lowest BCUT2D eigenvalue weighted by Gasteiger charge is -2.49. The predicted molar refractivity (Wildman–Crippen MR) is 142 cm³/mol. The molecule has 14 atom stereocenters. The number of ether oxygens (including phenoxy) is 5. The van der Waals surface area contributed by atoms with E-state index in [9.17, 15) is 20.4 Å². The standard InChI is InChI=1S/C23H50N8O9/c24-5-9(6-25)31-1-2-36-21-19(39-22-12(29)4-13(33)14(7-26)37-22)10(27)3-11(28)20(21)40-23-18(35)16(30)17(34)15(8-32)38-23/h9-23,31-35H,1-8,24-30H2/t10-,11+,12+,13-,14+,15+,16-,17+,18+,19+,20-,21-,22+,23+/m0/s1. The molecule has 2 heterocycles. The molecule has 3 aliphatic rings. The van der Waals surface area contributed by atoms with E-state index in [1.807, 2.05) is 0 Å². The van der Waals surface area contributed by atoms with Gasteiger partial charge in [-0.1, -0.05) is 0 Å². The first-order valence-electron chi connectivity index (χ1n) is 13.8. The fourth-order valence-electron chi connectivity index (χ4n) is 5.31. The largest absolute Gasteiger partial charge is 0.394 e. The molecule has 0 amide bonds. The number of nitrogens with two attached hydrogens (primary N) is 7. The van der Waals surface area contributed by atoms with Crippen LogP contribution in [0.2, 0.25) is 0 Å². The van der Waals surface area contributed by atoms with E-state index in [2.05, 4.69) is 5.32 Å². The zero-order valence-corrected chi connectivity index (χ0v) is 22.7. The highest BCUT2D eigenvalue weighted by Crippen LogP contribution is 2.32. The van der Waals surface area contributed by atoms with Gasteiger partial charge in [0.2, 0.25) is 0 Å². The van der Waals surface area contributed by atoms with Crippen LogP contribution in [0.4, 0.5) is 0 Å². The van der Waals surface area contributed by atoms with Crippen molar-refractivity contribution in [3.8, 4) is 0 Å². The third-order valence-corrected chi connectivity index (χ3v) is 7.80. The van der Waals surface area contributed by atoms with Crippen LogP contribution < -0.4 is 45.5 Å². The summed E-state index contributed by atoms with van der Waals surface area (Å²) in [6, 6.07) is -3.24. The van der Waals surface area contributed by atoms with Crippen LogP contribution >= 0.6 is 0 Å². The molecule has 2 saturated heterocycles. The van der Waals surface area contributed by atoms with Crippen molar-refractivity contribution in [1.29, 1.82) is 0 Å². The zero-order chi connectivity index (χ0) is 29.6. The van der Waals surface area contributed by atoms with Crippen LogP contribution in [0.5, 0.6) is 0 Å². The molecule has 40 heavy (non-hydrogen) atoms. The van der Waals surface area contributed by atoms with Crippen LogP contribution in [-0.4, -0.2) is 151 Å². The van der Waals surface area contributed by atoms with Gasteiger partial charge in [-0.05, 0) is 12.8 Å². The highest BCUT2D eigenvalue weighted by atomic mass is 16.7. The topological polar surface area (TPSA) is 321 Å². The first-order chi connectivity index (χ1) is 19.1. The smallest absolute Gasteiger partial charge is 0.186 e. The van der Waals surface area contributed by atoms with Gasteiger partial charge in [0.1, 0.15) is 36.6 Å². The SMILES string of the molecule is NCC(CN)NCCO[C@@H]1[C@@H](O[C@H]2O[C@H](CO)[C@@H](O)[C@H](N)[C@H]2O)[C@H](N)C[C@H](N)[C@H]1O[C@H]1O[C@H](CN)[C@@H](O)C[C@H]1N. The fraction of sp³-hybridized carbons (Fsp3) is 1.00. The van der Waals surface area contributed by atoms with Gasteiger partial charge in [0.15, 0.2) is 12.6 Å². The highest BCUT2D eigenvalue weighted by Gasteiger charge is 2.51. The molecule has 0 aromatic carbocycles. The van der Waals surface area contributed by atoms with Crippen molar-refractivity contribution in [2.45, 2.75) is 104 Å². The number of rotatable bonds is 13. The highest BCUT2D eigenvalue weighted by molar-refractivity contribution is 5.02. The van der Waals surface area contributed by atoms with Gasteiger partial charge in [-0.2, -0.15) is 0 Å². The molecule has 1 saturated carbocycles. The summed E-state index contributed by atoms with van der Waals surface area (Å²) in [4.78, 5) is 0. The van der Waals surface area contributed by atoms with Crippen molar-refractivity contribution in [3.05, 3.63) is 0 Å². The van der Waals surface area contributed by atoms with Gasteiger partial charge in [0.25, 0.3) is 0 Å².